The third-order valence-electron chi connectivity index (χ3n) is 3.75. The molecule has 0 bridgehead atoms. The van der Waals surface area contributed by atoms with Gasteiger partial charge in [-0.05, 0) is 57.4 Å². The fourth-order valence-corrected chi connectivity index (χ4v) is 2.66. The second kappa shape index (κ2) is 8.43. The molecule has 1 unspecified atom stereocenters. The lowest BCUT2D eigenvalue weighted by Crippen LogP contribution is -2.37. The molecule has 2 amide bonds. The molecule has 1 aliphatic rings. The zero-order valence-electron chi connectivity index (χ0n) is 14.9. The highest BCUT2D eigenvalue weighted by Crippen LogP contribution is 2.18. The molecule has 0 aromatic heterocycles. The SMILES string of the molecule is CC(C)(C)OC(=O)NCC1CCN(C(=O)COc2ccc(Cl)cc2)C1. The Hall–Kier alpha value is -1.95. The van der Waals surface area contributed by atoms with Crippen molar-refractivity contribution in [3.63, 3.8) is 0 Å². The zero-order chi connectivity index (χ0) is 18.4. The molecular weight excluding hydrogens is 344 g/mol. The van der Waals surface area contributed by atoms with Crippen LogP contribution in [0.2, 0.25) is 5.02 Å². The molecule has 6 nitrogen and oxygen atoms in total. The fourth-order valence-electron chi connectivity index (χ4n) is 2.53. The minimum Gasteiger partial charge on any atom is -0.484 e. The van der Waals surface area contributed by atoms with Crippen LogP contribution >= 0.6 is 11.6 Å². The minimum atomic E-state index is -0.513. The molecular formula is C18H25ClN2O4. The number of carbonyl (C=O) groups excluding carboxylic acids is 2. The Bertz CT molecular complexity index is 598. The lowest BCUT2D eigenvalue weighted by atomic mass is 10.1. The number of hydrogen-bond donors (Lipinski definition) is 1. The Labute approximate surface area is 153 Å². The van der Waals surface area contributed by atoms with Gasteiger partial charge in [-0.3, -0.25) is 4.79 Å². The second-order valence-corrected chi connectivity index (χ2v) is 7.56. The molecule has 1 aliphatic heterocycles. The molecule has 1 saturated heterocycles. The highest BCUT2D eigenvalue weighted by Gasteiger charge is 2.27. The van der Waals surface area contributed by atoms with Crippen LogP contribution in [0, 0.1) is 5.92 Å². The number of alkyl carbamates (subject to hydrolysis) is 1. The summed E-state index contributed by atoms with van der Waals surface area (Å²) < 4.78 is 10.7. The van der Waals surface area contributed by atoms with Crippen molar-refractivity contribution >= 4 is 23.6 Å². The smallest absolute Gasteiger partial charge is 0.407 e. The van der Waals surface area contributed by atoms with Gasteiger partial charge in [0.25, 0.3) is 5.91 Å². The summed E-state index contributed by atoms with van der Waals surface area (Å²) in [4.78, 5) is 25.7. The van der Waals surface area contributed by atoms with E-state index in [0.29, 0.717) is 30.4 Å². The van der Waals surface area contributed by atoms with Crippen LogP contribution in [-0.2, 0) is 9.53 Å². The van der Waals surface area contributed by atoms with Gasteiger partial charge in [-0.15, -0.1) is 0 Å². The first kappa shape index (κ1) is 19.4. The average Bonchev–Trinajstić information content (AvgIpc) is 2.99. The largest absolute Gasteiger partial charge is 0.484 e. The molecule has 0 radical (unpaired) electrons. The van der Waals surface area contributed by atoms with Gasteiger partial charge in [-0.1, -0.05) is 11.6 Å². The monoisotopic (exact) mass is 368 g/mol. The molecule has 7 heteroatoms. The highest BCUT2D eigenvalue weighted by atomic mass is 35.5. The third-order valence-corrected chi connectivity index (χ3v) is 4.00. The average molecular weight is 369 g/mol. The van der Waals surface area contributed by atoms with E-state index in [1.54, 1.807) is 29.2 Å². The van der Waals surface area contributed by atoms with E-state index in [9.17, 15) is 9.59 Å². The quantitative estimate of drug-likeness (QED) is 0.867. The van der Waals surface area contributed by atoms with Crippen molar-refractivity contribution < 1.29 is 19.1 Å². The predicted octanol–water partition coefficient (Wildman–Crippen LogP) is 3.09. The number of rotatable bonds is 5. The van der Waals surface area contributed by atoms with Crippen LogP contribution in [0.3, 0.4) is 0 Å². The number of nitrogens with one attached hydrogen (secondary N) is 1. The van der Waals surface area contributed by atoms with E-state index in [0.717, 1.165) is 6.42 Å². The molecule has 2 rings (SSSR count). The van der Waals surface area contributed by atoms with E-state index in [1.807, 2.05) is 20.8 Å². The topological polar surface area (TPSA) is 67.9 Å². The number of benzene rings is 1. The molecule has 1 atom stereocenters. The summed E-state index contributed by atoms with van der Waals surface area (Å²) in [5.41, 5.74) is -0.513. The van der Waals surface area contributed by atoms with Crippen molar-refractivity contribution in [2.45, 2.75) is 32.8 Å². The number of halogens is 1. The van der Waals surface area contributed by atoms with Gasteiger partial charge in [-0.2, -0.15) is 0 Å². The highest BCUT2D eigenvalue weighted by molar-refractivity contribution is 6.30. The van der Waals surface area contributed by atoms with Gasteiger partial charge in [0.2, 0.25) is 0 Å². The van der Waals surface area contributed by atoms with Crippen molar-refractivity contribution in [1.29, 1.82) is 0 Å². The fraction of sp³-hybridized carbons (Fsp3) is 0.556. The van der Waals surface area contributed by atoms with E-state index in [4.69, 9.17) is 21.1 Å². The van der Waals surface area contributed by atoms with Gasteiger partial charge in [0.1, 0.15) is 11.4 Å². The van der Waals surface area contributed by atoms with Gasteiger partial charge >= 0.3 is 6.09 Å². The number of ether oxygens (including phenoxy) is 2. The minimum absolute atomic E-state index is 0.00610. The van der Waals surface area contributed by atoms with Crippen LogP contribution in [0.5, 0.6) is 5.75 Å². The Kier molecular flexibility index (Phi) is 6.53. The zero-order valence-corrected chi connectivity index (χ0v) is 15.6. The molecule has 0 aliphatic carbocycles. The number of amides is 2. The molecule has 1 aromatic carbocycles. The van der Waals surface area contributed by atoms with Crippen molar-refractivity contribution in [2.75, 3.05) is 26.2 Å². The van der Waals surface area contributed by atoms with Crippen molar-refractivity contribution in [3.05, 3.63) is 29.3 Å². The molecule has 25 heavy (non-hydrogen) atoms. The van der Waals surface area contributed by atoms with Crippen LogP contribution in [-0.4, -0.2) is 48.7 Å². The number of hydrogen-bond acceptors (Lipinski definition) is 4. The maximum absolute atomic E-state index is 12.2. The molecule has 0 saturated carbocycles. The maximum Gasteiger partial charge on any atom is 0.407 e. The summed E-state index contributed by atoms with van der Waals surface area (Å²) in [6.07, 6.45) is 0.422. The molecule has 0 spiro atoms. The Morgan fingerprint density at radius 3 is 2.60 bits per heavy atom. The van der Waals surface area contributed by atoms with E-state index >= 15 is 0 Å². The molecule has 1 aromatic rings. The van der Waals surface area contributed by atoms with Gasteiger partial charge < -0.3 is 19.7 Å². The summed E-state index contributed by atoms with van der Waals surface area (Å²) in [7, 11) is 0. The van der Waals surface area contributed by atoms with E-state index in [-0.39, 0.29) is 18.4 Å². The number of likely N-dealkylation sites (tertiary alicyclic amines) is 1. The molecule has 1 N–H and O–H groups in total. The molecule has 1 fully saturated rings. The maximum atomic E-state index is 12.2. The van der Waals surface area contributed by atoms with Gasteiger partial charge in [0, 0.05) is 24.7 Å². The van der Waals surface area contributed by atoms with Gasteiger partial charge in [-0.25, -0.2) is 4.79 Å². The van der Waals surface area contributed by atoms with E-state index < -0.39 is 11.7 Å². The molecule has 138 valence electrons. The second-order valence-electron chi connectivity index (χ2n) is 7.12. The summed E-state index contributed by atoms with van der Waals surface area (Å²) in [6, 6.07) is 6.89. The number of nitrogens with zero attached hydrogens (tertiary/aromatic N) is 1. The van der Waals surface area contributed by atoms with Gasteiger partial charge in [0.15, 0.2) is 6.61 Å². The van der Waals surface area contributed by atoms with E-state index in [1.165, 1.54) is 0 Å². The lowest BCUT2D eigenvalue weighted by molar-refractivity contribution is -0.132. The van der Waals surface area contributed by atoms with Crippen LogP contribution in [0.25, 0.3) is 0 Å². The van der Waals surface area contributed by atoms with Crippen molar-refractivity contribution in [3.8, 4) is 5.75 Å². The van der Waals surface area contributed by atoms with Crippen LogP contribution in [0.15, 0.2) is 24.3 Å². The predicted molar refractivity (Wildman–Crippen MR) is 95.9 cm³/mol. The van der Waals surface area contributed by atoms with E-state index in [2.05, 4.69) is 5.32 Å². The van der Waals surface area contributed by atoms with Crippen molar-refractivity contribution in [1.82, 2.24) is 10.2 Å². The first-order chi connectivity index (χ1) is 11.7. The summed E-state index contributed by atoms with van der Waals surface area (Å²) >= 11 is 5.81. The van der Waals surface area contributed by atoms with Crippen LogP contribution < -0.4 is 10.1 Å². The summed E-state index contributed by atoms with van der Waals surface area (Å²) in [5.74, 6) is 0.779. The first-order valence-electron chi connectivity index (χ1n) is 8.36. The van der Waals surface area contributed by atoms with Crippen LogP contribution in [0.1, 0.15) is 27.2 Å². The lowest BCUT2D eigenvalue weighted by Gasteiger charge is -2.21. The first-order valence-corrected chi connectivity index (χ1v) is 8.74. The van der Waals surface area contributed by atoms with Crippen molar-refractivity contribution in [2.24, 2.45) is 5.92 Å². The summed E-state index contributed by atoms with van der Waals surface area (Å²) in [6.45, 7) is 7.24. The Morgan fingerprint density at radius 2 is 1.96 bits per heavy atom. The third kappa shape index (κ3) is 6.82. The Morgan fingerprint density at radius 1 is 1.28 bits per heavy atom. The molecule has 1 heterocycles. The Balaban J connectivity index is 1.69. The van der Waals surface area contributed by atoms with Crippen LogP contribution in [0.4, 0.5) is 4.79 Å². The standard InChI is InChI=1S/C18H25ClN2O4/c1-18(2,3)25-17(23)20-10-13-8-9-21(11-13)16(22)12-24-15-6-4-14(19)5-7-15/h4-7,13H,8-12H2,1-3H3,(H,20,23). The summed E-state index contributed by atoms with van der Waals surface area (Å²) in [5, 5.41) is 3.38. The number of carbonyl (C=O) groups is 2. The normalized spacial score (nSPS) is 17.3. The van der Waals surface area contributed by atoms with Gasteiger partial charge in [0.05, 0.1) is 0 Å².